The molecule has 2 aromatic rings. The third kappa shape index (κ3) is 2.75. The van der Waals surface area contributed by atoms with E-state index in [4.69, 9.17) is 4.74 Å². The Labute approximate surface area is 124 Å². The van der Waals surface area contributed by atoms with Crippen molar-refractivity contribution in [3.63, 3.8) is 0 Å². The van der Waals surface area contributed by atoms with Gasteiger partial charge in [-0.3, -0.25) is 0 Å². The Hall–Kier alpha value is -2.36. The molecule has 4 heteroatoms. The van der Waals surface area contributed by atoms with Gasteiger partial charge >= 0.3 is 5.97 Å². The first-order valence-electron chi connectivity index (χ1n) is 7.29. The van der Waals surface area contributed by atoms with Crippen LogP contribution >= 0.6 is 0 Å². The fourth-order valence-corrected chi connectivity index (χ4v) is 2.73. The number of carbonyl (C=O) groups is 1. The van der Waals surface area contributed by atoms with Gasteiger partial charge in [0, 0.05) is 11.6 Å². The van der Waals surface area contributed by atoms with E-state index in [2.05, 4.69) is 5.10 Å². The monoisotopic (exact) mass is 282 g/mol. The van der Waals surface area contributed by atoms with E-state index in [0.29, 0.717) is 6.61 Å². The van der Waals surface area contributed by atoms with Crippen molar-refractivity contribution < 1.29 is 9.53 Å². The fraction of sp³-hybridized carbons (Fsp3) is 0.294. The van der Waals surface area contributed by atoms with Crippen molar-refractivity contribution in [1.29, 1.82) is 0 Å². The van der Waals surface area contributed by atoms with Crippen molar-refractivity contribution in [1.82, 2.24) is 9.78 Å². The Bertz CT molecular complexity index is 671. The molecule has 0 saturated carbocycles. The van der Waals surface area contributed by atoms with E-state index in [1.807, 2.05) is 48.1 Å². The highest BCUT2D eigenvalue weighted by molar-refractivity contribution is 5.92. The Morgan fingerprint density at radius 3 is 2.90 bits per heavy atom. The Balaban J connectivity index is 1.98. The van der Waals surface area contributed by atoms with Crippen molar-refractivity contribution in [3.8, 4) is 5.69 Å². The Morgan fingerprint density at radius 1 is 1.33 bits per heavy atom. The zero-order valence-corrected chi connectivity index (χ0v) is 12.1. The van der Waals surface area contributed by atoms with Gasteiger partial charge < -0.3 is 4.74 Å². The molecule has 3 rings (SSSR count). The molecule has 0 fully saturated rings. The van der Waals surface area contributed by atoms with E-state index in [1.165, 1.54) is 5.69 Å². The second-order valence-corrected chi connectivity index (χ2v) is 5.03. The van der Waals surface area contributed by atoms with Crippen molar-refractivity contribution >= 4 is 11.5 Å². The number of ether oxygens (including phenoxy) is 1. The average molecular weight is 282 g/mol. The molecule has 1 aliphatic rings. The maximum atomic E-state index is 11.7. The lowest BCUT2D eigenvalue weighted by Gasteiger charge is -2.16. The number of aromatic nitrogens is 2. The molecule has 1 aromatic carbocycles. The summed E-state index contributed by atoms with van der Waals surface area (Å²) >= 11 is 0. The summed E-state index contributed by atoms with van der Waals surface area (Å²) < 4.78 is 6.97. The first kappa shape index (κ1) is 13.6. The number of esters is 1. The van der Waals surface area contributed by atoms with E-state index in [0.717, 1.165) is 36.1 Å². The summed E-state index contributed by atoms with van der Waals surface area (Å²) in [5.41, 5.74) is 4.31. The van der Waals surface area contributed by atoms with Crippen LogP contribution in [0.4, 0.5) is 0 Å². The first-order chi connectivity index (χ1) is 10.3. The summed E-state index contributed by atoms with van der Waals surface area (Å²) in [6.07, 6.45) is 6.36. The Morgan fingerprint density at radius 2 is 2.14 bits per heavy atom. The smallest absolute Gasteiger partial charge is 0.331 e. The highest BCUT2D eigenvalue weighted by atomic mass is 16.5. The molecule has 1 aliphatic carbocycles. The van der Waals surface area contributed by atoms with E-state index in [9.17, 15) is 4.79 Å². The van der Waals surface area contributed by atoms with Crippen LogP contribution in [0, 0.1) is 0 Å². The molecule has 0 N–H and O–H groups in total. The van der Waals surface area contributed by atoms with Gasteiger partial charge in [-0.25, -0.2) is 9.48 Å². The quantitative estimate of drug-likeness (QED) is 0.641. The molecule has 0 aliphatic heterocycles. The molecule has 1 heterocycles. The number of fused-ring (bicyclic) bond motifs is 1. The topological polar surface area (TPSA) is 44.1 Å². The van der Waals surface area contributed by atoms with Crippen LogP contribution in [0.25, 0.3) is 11.3 Å². The summed E-state index contributed by atoms with van der Waals surface area (Å²) in [5.74, 6) is -0.271. The molecule has 108 valence electrons. The van der Waals surface area contributed by atoms with Crippen LogP contribution in [0.1, 0.15) is 31.0 Å². The van der Waals surface area contributed by atoms with Crippen LogP contribution in [0.5, 0.6) is 0 Å². The highest BCUT2D eigenvalue weighted by Crippen LogP contribution is 2.31. The van der Waals surface area contributed by atoms with Crippen molar-refractivity contribution in [3.05, 3.63) is 53.9 Å². The molecule has 0 spiro atoms. The second-order valence-electron chi connectivity index (χ2n) is 5.03. The number of rotatable bonds is 3. The first-order valence-corrected chi connectivity index (χ1v) is 7.29. The minimum Gasteiger partial charge on any atom is -0.463 e. The molecule has 0 bridgehead atoms. The predicted octanol–water partition coefficient (Wildman–Crippen LogP) is 3.16. The van der Waals surface area contributed by atoms with E-state index < -0.39 is 0 Å². The molecular weight excluding hydrogens is 264 g/mol. The maximum absolute atomic E-state index is 11.7. The largest absolute Gasteiger partial charge is 0.463 e. The second kappa shape index (κ2) is 5.95. The molecule has 0 amide bonds. The number of nitrogens with zero attached hydrogens (tertiary/aromatic N) is 2. The fourth-order valence-electron chi connectivity index (χ4n) is 2.73. The van der Waals surface area contributed by atoms with Gasteiger partial charge in [-0.15, -0.1) is 0 Å². The van der Waals surface area contributed by atoms with Gasteiger partial charge in [-0.1, -0.05) is 18.2 Å². The maximum Gasteiger partial charge on any atom is 0.331 e. The lowest BCUT2D eigenvalue weighted by molar-refractivity contribution is -0.137. The number of hydrogen-bond acceptors (Lipinski definition) is 3. The molecule has 4 nitrogen and oxygen atoms in total. The van der Waals surface area contributed by atoms with Gasteiger partial charge in [0.15, 0.2) is 0 Å². The third-order valence-corrected chi connectivity index (χ3v) is 3.65. The molecular formula is C17H18N2O2. The molecule has 0 atom stereocenters. The SMILES string of the molecule is CCOC(=O)/C=C1\CCCc2c1cnn2-c1ccccc1. The lowest BCUT2D eigenvalue weighted by atomic mass is 9.92. The number of para-hydroxylation sites is 1. The van der Waals surface area contributed by atoms with Gasteiger partial charge in [0.2, 0.25) is 0 Å². The van der Waals surface area contributed by atoms with Crippen LogP contribution < -0.4 is 0 Å². The van der Waals surface area contributed by atoms with E-state index in [-0.39, 0.29) is 5.97 Å². The van der Waals surface area contributed by atoms with Crippen LogP contribution in [-0.2, 0) is 16.0 Å². The van der Waals surface area contributed by atoms with Crippen LogP contribution in [0.2, 0.25) is 0 Å². The zero-order chi connectivity index (χ0) is 14.7. The number of carbonyl (C=O) groups excluding carboxylic acids is 1. The minimum absolute atomic E-state index is 0.271. The standard InChI is InChI=1S/C17H18N2O2/c1-2-21-17(20)11-13-7-6-10-16-15(13)12-18-19(16)14-8-4-3-5-9-14/h3-5,8-9,11-12H,2,6-7,10H2,1H3/b13-11+. The van der Waals surface area contributed by atoms with Gasteiger partial charge in [0.25, 0.3) is 0 Å². The van der Waals surface area contributed by atoms with E-state index >= 15 is 0 Å². The Kier molecular flexibility index (Phi) is 3.86. The molecule has 0 unspecified atom stereocenters. The minimum atomic E-state index is -0.271. The van der Waals surface area contributed by atoms with Crippen molar-refractivity contribution in [2.24, 2.45) is 0 Å². The predicted molar refractivity (Wildman–Crippen MR) is 81.1 cm³/mol. The third-order valence-electron chi connectivity index (χ3n) is 3.65. The lowest BCUT2D eigenvalue weighted by Crippen LogP contribution is -2.09. The number of hydrogen-bond donors (Lipinski definition) is 0. The molecule has 1 aromatic heterocycles. The molecule has 0 saturated heterocycles. The summed E-state index contributed by atoms with van der Waals surface area (Å²) in [6.45, 7) is 2.22. The van der Waals surface area contributed by atoms with Gasteiger partial charge in [0.05, 0.1) is 24.2 Å². The number of benzene rings is 1. The van der Waals surface area contributed by atoms with Crippen molar-refractivity contribution in [2.75, 3.05) is 6.61 Å². The van der Waals surface area contributed by atoms with Gasteiger partial charge in [0.1, 0.15) is 0 Å². The summed E-state index contributed by atoms with van der Waals surface area (Å²) in [4.78, 5) is 11.7. The van der Waals surface area contributed by atoms with Crippen LogP contribution in [0.3, 0.4) is 0 Å². The average Bonchev–Trinajstić information content (AvgIpc) is 2.93. The summed E-state index contributed by atoms with van der Waals surface area (Å²) in [7, 11) is 0. The number of allylic oxidation sites excluding steroid dienone is 1. The van der Waals surface area contributed by atoms with E-state index in [1.54, 1.807) is 6.08 Å². The van der Waals surface area contributed by atoms with Gasteiger partial charge in [-0.2, -0.15) is 5.10 Å². The van der Waals surface area contributed by atoms with Gasteiger partial charge in [-0.05, 0) is 43.9 Å². The summed E-state index contributed by atoms with van der Waals surface area (Å²) in [5, 5.41) is 4.50. The normalized spacial score (nSPS) is 15.8. The summed E-state index contributed by atoms with van der Waals surface area (Å²) in [6, 6.07) is 10.1. The van der Waals surface area contributed by atoms with Crippen molar-refractivity contribution in [2.45, 2.75) is 26.2 Å². The van der Waals surface area contributed by atoms with Crippen LogP contribution in [-0.4, -0.2) is 22.4 Å². The zero-order valence-electron chi connectivity index (χ0n) is 12.1. The molecule has 21 heavy (non-hydrogen) atoms. The molecule has 0 radical (unpaired) electrons. The highest BCUT2D eigenvalue weighted by Gasteiger charge is 2.20. The van der Waals surface area contributed by atoms with Crippen LogP contribution in [0.15, 0.2) is 42.6 Å².